The molecule has 0 bridgehead atoms. The third-order valence-electron chi connectivity index (χ3n) is 7.65. The Morgan fingerprint density at radius 2 is 1.69 bits per heavy atom. The van der Waals surface area contributed by atoms with Crippen molar-refractivity contribution >= 4 is 27.7 Å². The predicted molar refractivity (Wildman–Crippen MR) is 167 cm³/mol. The second kappa shape index (κ2) is 15.7. The van der Waals surface area contributed by atoms with Crippen molar-refractivity contribution in [3.63, 3.8) is 0 Å². The van der Waals surface area contributed by atoms with Crippen molar-refractivity contribution in [2.24, 2.45) is 5.92 Å². The number of aromatic nitrogens is 4. The van der Waals surface area contributed by atoms with E-state index in [2.05, 4.69) is 31.0 Å². The molecule has 3 amide bonds. The van der Waals surface area contributed by atoms with Gasteiger partial charge in [0.1, 0.15) is 23.3 Å². The number of hydrogen-bond donors (Lipinski definition) is 3. The molecule has 17 heteroatoms. The summed E-state index contributed by atoms with van der Waals surface area (Å²) in [6.45, 7) is 4.58. The van der Waals surface area contributed by atoms with Crippen molar-refractivity contribution in [3.8, 4) is 0 Å². The lowest BCUT2D eigenvalue weighted by atomic mass is 10.0. The number of carbonyl (C=O) groups is 3. The van der Waals surface area contributed by atoms with Crippen LogP contribution in [0.25, 0.3) is 0 Å². The van der Waals surface area contributed by atoms with Crippen LogP contribution in [0.4, 0.5) is 13.2 Å². The smallest absolute Gasteiger partial charge is 0.354 e. The van der Waals surface area contributed by atoms with Gasteiger partial charge in [-0.25, -0.2) is 18.1 Å². The summed E-state index contributed by atoms with van der Waals surface area (Å²) < 4.78 is 70.6. The normalized spacial score (nSPS) is 19.9. The number of fused-ring (bicyclic) bond motifs is 1. The maximum Gasteiger partial charge on any atom is 0.434 e. The molecule has 0 saturated carbocycles. The van der Waals surface area contributed by atoms with E-state index in [1.807, 2.05) is 19.9 Å². The van der Waals surface area contributed by atoms with Gasteiger partial charge in [-0.15, -0.1) is 0 Å². The van der Waals surface area contributed by atoms with Crippen molar-refractivity contribution < 1.29 is 36.0 Å². The van der Waals surface area contributed by atoms with E-state index in [1.165, 1.54) is 4.68 Å². The Morgan fingerprint density at radius 3 is 2.38 bits per heavy atom. The van der Waals surface area contributed by atoms with Crippen LogP contribution in [0.1, 0.15) is 62.1 Å². The number of halogens is 3. The van der Waals surface area contributed by atoms with E-state index in [-0.39, 0.29) is 57.8 Å². The number of carbonyl (C=O) groups excluding carboxylic acids is 3. The first-order valence-corrected chi connectivity index (χ1v) is 16.9. The number of rotatable bonds is 5. The molecule has 0 unspecified atom stereocenters. The lowest BCUT2D eigenvalue weighted by molar-refractivity contribution is -0.143. The molecule has 48 heavy (non-hydrogen) atoms. The minimum Gasteiger partial charge on any atom is -0.354 e. The van der Waals surface area contributed by atoms with Gasteiger partial charge in [0, 0.05) is 38.7 Å². The molecule has 0 fully saturated rings. The molecule has 0 saturated heterocycles. The molecule has 1 aliphatic heterocycles. The minimum atomic E-state index is -5.03. The zero-order chi connectivity index (χ0) is 35.1. The van der Waals surface area contributed by atoms with E-state index in [0.717, 1.165) is 28.2 Å². The van der Waals surface area contributed by atoms with Crippen LogP contribution in [0.3, 0.4) is 0 Å². The molecule has 0 aliphatic carbocycles. The Morgan fingerprint density at radius 1 is 0.979 bits per heavy atom. The van der Waals surface area contributed by atoms with Gasteiger partial charge in [-0.1, -0.05) is 44.2 Å². The first-order valence-electron chi connectivity index (χ1n) is 15.5. The average Bonchev–Trinajstić information content (AvgIpc) is 3.38. The second-order valence-electron chi connectivity index (χ2n) is 11.8. The summed E-state index contributed by atoms with van der Waals surface area (Å²) in [5, 5.41) is 12.7. The molecule has 0 spiro atoms. The fourth-order valence-corrected chi connectivity index (χ4v) is 7.00. The third-order valence-corrected chi connectivity index (χ3v) is 9.58. The van der Waals surface area contributed by atoms with E-state index in [4.69, 9.17) is 0 Å². The Labute approximate surface area is 276 Å². The fraction of sp³-hybridized carbons (Fsp3) is 0.484. The summed E-state index contributed by atoms with van der Waals surface area (Å²) in [4.78, 5) is 46.6. The highest BCUT2D eigenvalue weighted by atomic mass is 32.2. The molecule has 2 atom stereocenters. The van der Waals surface area contributed by atoms with Crippen LogP contribution in [0.5, 0.6) is 0 Å². The number of amides is 3. The topological polar surface area (TPSA) is 168 Å². The molecule has 4 rings (SSSR count). The SMILES string of the molecule is Cc1nc2n(n1)CC(=O)NCCCN(S(=O)(=O)c1cccnc1C(F)(F)F)CCCC(=O)N[C@H](Cc1ccccc1)C(=O)N[C@H]2C(C)C. The minimum absolute atomic E-state index is 0.000962. The molecular formula is C31H39F3N8O5S. The van der Waals surface area contributed by atoms with Crippen LogP contribution < -0.4 is 16.0 Å². The van der Waals surface area contributed by atoms with Crippen LogP contribution in [-0.2, 0) is 43.5 Å². The van der Waals surface area contributed by atoms with Crippen LogP contribution in [0.15, 0.2) is 53.6 Å². The standard InChI is InChI=1S/C31H39F3N8O5S/c1-20(2)27-29-37-21(3)40-42(29)19-26(44)35-15-9-17-41(48(46,47)24-12-7-14-36-28(24)31(32,33)34)16-8-13-25(43)38-23(30(45)39-27)18-22-10-5-4-6-11-22/h4-7,10-12,14,20,23,27H,8-9,13,15-19H2,1-3H3,(H,35,44)(H,38,43)(H,39,45)/t23-,27+/m1/s1. The van der Waals surface area contributed by atoms with E-state index < -0.39 is 56.6 Å². The molecule has 1 aliphatic rings. The quantitative estimate of drug-likeness (QED) is 0.367. The molecule has 3 N–H and O–H groups in total. The Hall–Kier alpha value is -4.38. The molecule has 13 nitrogen and oxygen atoms in total. The van der Waals surface area contributed by atoms with Crippen molar-refractivity contribution in [1.29, 1.82) is 0 Å². The third kappa shape index (κ3) is 9.37. The second-order valence-corrected chi connectivity index (χ2v) is 13.7. The highest BCUT2D eigenvalue weighted by molar-refractivity contribution is 7.89. The van der Waals surface area contributed by atoms with Gasteiger partial charge in [-0.2, -0.15) is 22.6 Å². The van der Waals surface area contributed by atoms with Crippen molar-refractivity contribution in [2.75, 3.05) is 19.6 Å². The van der Waals surface area contributed by atoms with E-state index in [0.29, 0.717) is 11.6 Å². The van der Waals surface area contributed by atoms with Gasteiger partial charge < -0.3 is 16.0 Å². The molecule has 1 aromatic carbocycles. The molecule has 0 radical (unpaired) electrons. The van der Waals surface area contributed by atoms with Crippen molar-refractivity contribution in [2.45, 2.75) is 76.2 Å². The number of sulfonamides is 1. The first kappa shape index (κ1) is 36.5. The Bertz CT molecular complexity index is 1700. The largest absolute Gasteiger partial charge is 0.434 e. The molecule has 260 valence electrons. The molecule has 2 aromatic heterocycles. The number of hydrogen-bond acceptors (Lipinski definition) is 8. The Balaban J connectivity index is 1.66. The summed E-state index contributed by atoms with van der Waals surface area (Å²) in [6, 6.07) is 9.25. The maximum atomic E-state index is 13.8. The van der Waals surface area contributed by atoms with Gasteiger partial charge in [0.25, 0.3) is 0 Å². The summed E-state index contributed by atoms with van der Waals surface area (Å²) >= 11 is 0. The number of aryl methyl sites for hydroxylation is 1. The van der Waals surface area contributed by atoms with Crippen LogP contribution in [-0.4, -0.2) is 75.9 Å². The van der Waals surface area contributed by atoms with E-state index >= 15 is 0 Å². The van der Waals surface area contributed by atoms with Gasteiger partial charge in [0.15, 0.2) is 11.5 Å². The monoisotopic (exact) mass is 692 g/mol. The number of nitrogens with one attached hydrogen (secondary N) is 3. The highest BCUT2D eigenvalue weighted by Crippen LogP contribution is 2.33. The van der Waals surface area contributed by atoms with E-state index in [1.54, 1.807) is 31.2 Å². The lowest BCUT2D eigenvalue weighted by Crippen LogP contribution is -2.50. The average molecular weight is 693 g/mol. The van der Waals surface area contributed by atoms with Gasteiger partial charge in [-0.3, -0.25) is 19.4 Å². The van der Waals surface area contributed by atoms with Crippen molar-refractivity contribution in [1.82, 2.24) is 40.0 Å². The Kier molecular flexibility index (Phi) is 11.9. The zero-order valence-corrected chi connectivity index (χ0v) is 27.6. The van der Waals surface area contributed by atoms with Crippen LogP contribution >= 0.6 is 0 Å². The number of nitrogens with zero attached hydrogens (tertiary/aromatic N) is 5. The first-order chi connectivity index (χ1) is 22.7. The van der Waals surface area contributed by atoms with Gasteiger partial charge in [0.2, 0.25) is 27.7 Å². The van der Waals surface area contributed by atoms with Gasteiger partial charge in [-0.05, 0) is 43.4 Å². The summed E-state index contributed by atoms with van der Waals surface area (Å²) in [7, 11) is -4.73. The number of benzene rings is 1. The van der Waals surface area contributed by atoms with Crippen LogP contribution in [0.2, 0.25) is 0 Å². The van der Waals surface area contributed by atoms with E-state index in [9.17, 15) is 36.0 Å². The maximum absolute atomic E-state index is 13.8. The molecule has 3 aromatic rings. The van der Waals surface area contributed by atoms with Gasteiger partial charge in [0.05, 0.1) is 6.04 Å². The zero-order valence-electron chi connectivity index (χ0n) is 26.8. The number of alkyl halides is 3. The van der Waals surface area contributed by atoms with Crippen molar-refractivity contribution in [3.05, 3.63) is 71.6 Å². The molecule has 3 heterocycles. The lowest BCUT2D eigenvalue weighted by Gasteiger charge is -2.26. The summed E-state index contributed by atoms with van der Waals surface area (Å²) in [6.07, 6.45) is -4.26. The summed E-state index contributed by atoms with van der Waals surface area (Å²) in [5.74, 6) is -0.994. The summed E-state index contributed by atoms with van der Waals surface area (Å²) in [5.41, 5.74) is -0.782. The van der Waals surface area contributed by atoms with Crippen LogP contribution in [0, 0.1) is 12.8 Å². The predicted octanol–water partition coefficient (Wildman–Crippen LogP) is 2.53. The number of pyridine rings is 1. The van der Waals surface area contributed by atoms with Gasteiger partial charge >= 0.3 is 6.18 Å². The molecular weight excluding hydrogens is 653 g/mol. The fourth-order valence-electron chi connectivity index (χ4n) is 5.32. The highest BCUT2D eigenvalue weighted by Gasteiger charge is 2.40.